The maximum absolute atomic E-state index is 14.0. The van der Waals surface area contributed by atoms with Gasteiger partial charge in [0.05, 0.1) is 15.8 Å². The number of carbonyl (C=O) groups is 2. The Balaban J connectivity index is 2.21. The molecule has 1 heterocycles. The van der Waals surface area contributed by atoms with Gasteiger partial charge in [0.1, 0.15) is 11.9 Å². The van der Waals surface area contributed by atoms with Gasteiger partial charge in [-0.2, -0.15) is 18.2 Å². The van der Waals surface area contributed by atoms with E-state index >= 15 is 0 Å². The van der Waals surface area contributed by atoms with E-state index in [4.69, 9.17) is 0 Å². The van der Waals surface area contributed by atoms with Crippen molar-refractivity contribution in [1.29, 1.82) is 0 Å². The number of carbonyl (C=O) groups excluding carboxylic acids is 1. The molecule has 0 bridgehead atoms. The number of benzene rings is 2. The first-order chi connectivity index (χ1) is 13.5. The molecule has 10 heteroatoms. The number of hydrogen-bond acceptors (Lipinski definition) is 3. The molecule has 3 aromatic rings. The Bertz CT molecular complexity index is 1190. The standard InChI is InChI=1S/C19H14F4N2O3S/c1-9-6-15-14(8-13(9)20)25(10(2)17(27)28)18(29-15)24-16(26)11-4-3-5-12(7-11)19(21,22)23/h3-8,10H,1-2H3,(H,27,28)/b24-18-. The Labute approximate surface area is 165 Å². The van der Waals surface area contributed by atoms with Gasteiger partial charge in [0.2, 0.25) is 0 Å². The van der Waals surface area contributed by atoms with Gasteiger partial charge in [0.15, 0.2) is 4.80 Å². The van der Waals surface area contributed by atoms with E-state index in [0.29, 0.717) is 16.3 Å². The first-order valence-electron chi connectivity index (χ1n) is 8.29. The van der Waals surface area contributed by atoms with Crippen LogP contribution in [0.15, 0.2) is 41.4 Å². The largest absolute Gasteiger partial charge is 0.480 e. The van der Waals surface area contributed by atoms with Crippen LogP contribution in [0.3, 0.4) is 0 Å². The zero-order chi connectivity index (χ0) is 21.5. The number of aryl methyl sites for hydroxylation is 1. The number of alkyl halides is 3. The topological polar surface area (TPSA) is 71.7 Å². The summed E-state index contributed by atoms with van der Waals surface area (Å²) in [6, 6.07) is 5.23. The van der Waals surface area contributed by atoms with Crippen molar-refractivity contribution in [1.82, 2.24) is 4.57 Å². The molecular formula is C19H14F4N2O3S. The van der Waals surface area contributed by atoms with Crippen molar-refractivity contribution >= 4 is 33.4 Å². The van der Waals surface area contributed by atoms with Gasteiger partial charge in [-0.15, -0.1) is 0 Å². The maximum Gasteiger partial charge on any atom is 0.416 e. The van der Waals surface area contributed by atoms with E-state index in [9.17, 15) is 32.3 Å². The predicted molar refractivity (Wildman–Crippen MR) is 98.2 cm³/mol. The Kier molecular flexibility index (Phi) is 5.31. The van der Waals surface area contributed by atoms with E-state index < -0.39 is 35.5 Å². The Morgan fingerprint density at radius 3 is 2.52 bits per heavy atom. The minimum Gasteiger partial charge on any atom is -0.480 e. The molecule has 2 aromatic carbocycles. The number of aliphatic carboxylic acids is 1. The molecule has 0 fully saturated rings. The van der Waals surface area contributed by atoms with Crippen LogP contribution in [0.25, 0.3) is 10.2 Å². The number of aromatic nitrogens is 1. The third-order valence-corrected chi connectivity index (χ3v) is 5.30. The van der Waals surface area contributed by atoms with E-state index in [0.717, 1.165) is 29.5 Å². The highest BCUT2D eigenvalue weighted by atomic mass is 32.1. The molecule has 152 valence electrons. The van der Waals surface area contributed by atoms with Crippen LogP contribution in [0.2, 0.25) is 0 Å². The van der Waals surface area contributed by atoms with Gasteiger partial charge in [-0.05, 0) is 49.7 Å². The van der Waals surface area contributed by atoms with Crippen LogP contribution in [-0.4, -0.2) is 21.6 Å². The van der Waals surface area contributed by atoms with Gasteiger partial charge < -0.3 is 9.67 Å². The summed E-state index contributed by atoms with van der Waals surface area (Å²) in [5, 5.41) is 9.38. The highest BCUT2D eigenvalue weighted by Crippen LogP contribution is 2.30. The molecule has 0 saturated heterocycles. The molecule has 1 aromatic heterocycles. The molecule has 1 unspecified atom stereocenters. The second-order valence-electron chi connectivity index (χ2n) is 6.33. The number of fused-ring (bicyclic) bond motifs is 1. The van der Waals surface area contributed by atoms with Crippen molar-refractivity contribution in [2.45, 2.75) is 26.1 Å². The number of nitrogens with zero attached hydrogens (tertiary/aromatic N) is 2. The molecule has 5 nitrogen and oxygen atoms in total. The van der Waals surface area contributed by atoms with Crippen LogP contribution < -0.4 is 4.80 Å². The number of carboxylic acid groups (broad SMARTS) is 1. The number of thiazole rings is 1. The predicted octanol–water partition coefficient (Wildman–Crippen LogP) is 4.56. The number of rotatable bonds is 3. The molecule has 29 heavy (non-hydrogen) atoms. The Morgan fingerprint density at radius 2 is 1.90 bits per heavy atom. The van der Waals surface area contributed by atoms with Crippen molar-refractivity contribution in [2.75, 3.05) is 0 Å². The van der Waals surface area contributed by atoms with Gasteiger partial charge in [0, 0.05) is 5.56 Å². The summed E-state index contributed by atoms with van der Waals surface area (Å²) >= 11 is 0.948. The normalized spacial score (nSPS) is 13.7. The van der Waals surface area contributed by atoms with E-state index in [1.54, 1.807) is 0 Å². The molecule has 0 radical (unpaired) electrons. The average Bonchev–Trinajstić information content (AvgIpc) is 2.97. The van der Waals surface area contributed by atoms with Crippen molar-refractivity contribution in [3.8, 4) is 0 Å². The van der Waals surface area contributed by atoms with Gasteiger partial charge in [-0.3, -0.25) is 4.79 Å². The number of amides is 1. The lowest BCUT2D eigenvalue weighted by atomic mass is 10.1. The summed E-state index contributed by atoms with van der Waals surface area (Å²) in [5.74, 6) is -2.76. The molecular weight excluding hydrogens is 412 g/mol. The summed E-state index contributed by atoms with van der Waals surface area (Å²) in [5.41, 5.74) is -0.748. The van der Waals surface area contributed by atoms with Crippen LogP contribution in [0.5, 0.6) is 0 Å². The molecule has 1 atom stereocenters. The minimum absolute atomic E-state index is 0.0534. The monoisotopic (exact) mass is 426 g/mol. The lowest BCUT2D eigenvalue weighted by Crippen LogP contribution is -2.25. The zero-order valence-electron chi connectivity index (χ0n) is 15.1. The number of halogens is 4. The Morgan fingerprint density at radius 1 is 1.21 bits per heavy atom. The van der Waals surface area contributed by atoms with E-state index in [1.165, 1.54) is 30.5 Å². The molecule has 1 N–H and O–H groups in total. The van der Waals surface area contributed by atoms with Crippen LogP contribution in [0, 0.1) is 12.7 Å². The smallest absolute Gasteiger partial charge is 0.416 e. The third kappa shape index (κ3) is 4.07. The maximum atomic E-state index is 14.0. The first kappa shape index (κ1) is 20.7. The minimum atomic E-state index is -4.62. The quantitative estimate of drug-likeness (QED) is 0.625. The van der Waals surface area contributed by atoms with E-state index in [1.807, 2.05) is 0 Å². The fourth-order valence-electron chi connectivity index (χ4n) is 2.71. The van der Waals surface area contributed by atoms with Crippen molar-refractivity contribution in [3.63, 3.8) is 0 Å². The van der Waals surface area contributed by atoms with Gasteiger partial charge in [-0.1, -0.05) is 17.4 Å². The summed E-state index contributed by atoms with van der Waals surface area (Å²) in [6.07, 6.45) is -4.62. The van der Waals surface area contributed by atoms with Crippen molar-refractivity contribution in [3.05, 3.63) is 63.7 Å². The highest BCUT2D eigenvalue weighted by molar-refractivity contribution is 7.16. The average molecular weight is 426 g/mol. The number of hydrogen-bond donors (Lipinski definition) is 1. The lowest BCUT2D eigenvalue weighted by molar-refractivity contribution is -0.140. The molecule has 3 rings (SSSR count). The highest BCUT2D eigenvalue weighted by Gasteiger charge is 2.31. The summed E-state index contributed by atoms with van der Waals surface area (Å²) < 4.78 is 54.4. The summed E-state index contributed by atoms with van der Waals surface area (Å²) in [4.78, 5) is 27.8. The zero-order valence-corrected chi connectivity index (χ0v) is 15.9. The van der Waals surface area contributed by atoms with Crippen LogP contribution >= 0.6 is 11.3 Å². The van der Waals surface area contributed by atoms with Gasteiger partial charge >= 0.3 is 12.1 Å². The molecule has 1 amide bonds. The van der Waals surface area contributed by atoms with Crippen LogP contribution in [-0.2, 0) is 11.0 Å². The second kappa shape index (κ2) is 7.43. The lowest BCUT2D eigenvalue weighted by Gasteiger charge is -2.10. The Hall–Kier alpha value is -3.01. The number of carboxylic acids is 1. The van der Waals surface area contributed by atoms with Gasteiger partial charge in [0.25, 0.3) is 5.91 Å². The van der Waals surface area contributed by atoms with Crippen molar-refractivity contribution < 1.29 is 32.3 Å². The molecule has 0 aliphatic heterocycles. The SMILES string of the molecule is Cc1cc2s/c(=N\C(=O)c3cccc(C(F)(F)F)c3)n(C(C)C(=O)O)c2cc1F. The van der Waals surface area contributed by atoms with Gasteiger partial charge in [-0.25, -0.2) is 9.18 Å². The fourth-order valence-corrected chi connectivity index (χ4v) is 3.88. The molecule has 0 aliphatic rings. The third-order valence-electron chi connectivity index (χ3n) is 4.29. The van der Waals surface area contributed by atoms with E-state index in [-0.39, 0.29) is 15.9 Å². The molecule has 0 saturated carbocycles. The van der Waals surface area contributed by atoms with Crippen LogP contribution in [0.4, 0.5) is 17.6 Å². The molecule has 0 aliphatic carbocycles. The van der Waals surface area contributed by atoms with E-state index in [2.05, 4.69) is 4.99 Å². The van der Waals surface area contributed by atoms with Crippen LogP contribution in [0.1, 0.15) is 34.5 Å². The summed E-state index contributed by atoms with van der Waals surface area (Å²) in [7, 11) is 0. The first-order valence-corrected chi connectivity index (χ1v) is 9.11. The van der Waals surface area contributed by atoms with Crippen molar-refractivity contribution in [2.24, 2.45) is 4.99 Å². The molecule has 0 spiro atoms. The fraction of sp³-hybridized carbons (Fsp3) is 0.211. The summed E-state index contributed by atoms with van der Waals surface area (Å²) in [6.45, 7) is 2.87. The second-order valence-corrected chi connectivity index (χ2v) is 7.34.